The van der Waals surface area contributed by atoms with Crippen LogP contribution in [0.1, 0.15) is 52.4 Å². The summed E-state index contributed by atoms with van der Waals surface area (Å²) in [5, 5.41) is 0. The second kappa shape index (κ2) is 7.49. The summed E-state index contributed by atoms with van der Waals surface area (Å²) in [6.07, 6.45) is 7.43. The highest BCUT2D eigenvalue weighted by Gasteiger charge is 2.21. The van der Waals surface area contributed by atoms with Gasteiger partial charge in [0.25, 0.3) is 0 Å². The van der Waals surface area contributed by atoms with Crippen LogP contribution in [0.25, 0.3) is 0 Å². The first-order valence-electron chi connectivity index (χ1n) is 6.61. The van der Waals surface area contributed by atoms with Crippen LogP contribution in [0.3, 0.4) is 0 Å². The number of nitrogens with zero attached hydrogens (tertiary/aromatic N) is 2. The Morgan fingerprint density at radius 3 is 2.81 bits per heavy atom. The number of nitrogens with two attached hydrogens (primary N) is 1. The second-order valence-corrected chi connectivity index (χ2v) is 4.45. The minimum absolute atomic E-state index is 0.606. The van der Waals surface area contributed by atoms with E-state index in [9.17, 15) is 0 Å². The first-order valence-corrected chi connectivity index (χ1v) is 6.61. The Morgan fingerprint density at radius 1 is 1.38 bits per heavy atom. The summed E-state index contributed by atoms with van der Waals surface area (Å²) < 4.78 is 0. The van der Waals surface area contributed by atoms with Crippen molar-refractivity contribution in [3.63, 3.8) is 0 Å². The molecule has 1 heterocycles. The fraction of sp³-hybridized carbons (Fsp3) is 0.917. The SMILES string of the molecule is CCCN=C(NN)N1CCCCCC1CC. The zero-order valence-corrected chi connectivity index (χ0v) is 10.7. The van der Waals surface area contributed by atoms with Crippen LogP contribution in [0.15, 0.2) is 4.99 Å². The molecule has 16 heavy (non-hydrogen) atoms. The first-order chi connectivity index (χ1) is 7.83. The minimum Gasteiger partial charge on any atom is -0.339 e. The van der Waals surface area contributed by atoms with Gasteiger partial charge in [-0.25, -0.2) is 5.84 Å². The van der Waals surface area contributed by atoms with Crippen LogP contribution in [-0.4, -0.2) is 30.0 Å². The quantitative estimate of drug-likeness (QED) is 0.334. The third kappa shape index (κ3) is 3.67. The van der Waals surface area contributed by atoms with E-state index >= 15 is 0 Å². The van der Waals surface area contributed by atoms with Crippen LogP contribution in [-0.2, 0) is 0 Å². The van der Waals surface area contributed by atoms with Crippen molar-refractivity contribution in [1.29, 1.82) is 0 Å². The highest BCUT2D eigenvalue weighted by Crippen LogP contribution is 2.19. The van der Waals surface area contributed by atoms with Crippen molar-refractivity contribution in [3.05, 3.63) is 0 Å². The Hall–Kier alpha value is -0.770. The van der Waals surface area contributed by atoms with Gasteiger partial charge in [0.15, 0.2) is 0 Å². The number of nitrogens with one attached hydrogen (secondary N) is 1. The molecule has 0 radical (unpaired) electrons. The van der Waals surface area contributed by atoms with Gasteiger partial charge in [-0.3, -0.25) is 10.4 Å². The molecule has 94 valence electrons. The zero-order chi connectivity index (χ0) is 11.8. The van der Waals surface area contributed by atoms with Crippen LogP contribution in [0.2, 0.25) is 0 Å². The van der Waals surface area contributed by atoms with E-state index in [1.165, 1.54) is 32.1 Å². The molecule has 1 aliphatic rings. The molecule has 1 atom stereocenters. The Kier molecular flexibility index (Phi) is 6.23. The van der Waals surface area contributed by atoms with Crippen LogP contribution < -0.4 is 11.3 Å². The van der Waals surface area contributed by atoms with Crippen LogP contribution >= 0.6 is 0 Å². The molecule has 1 aliphatic heterocycles. The minimum atomic E-state index is 0.606. The van der Waals surface area contributed by atoms with Crippen molar-refractivity contribution in [3.8, 4) is 0 Å². The molecule has 0 aliphatic carbocycles. The van der Waals surface area contributed by atoms with E-state index in [2.05, 4.69) is 29.2 Å². The van der Waals surface area contributed by atoms with E-state index in [0.717, 1.165) is 25.5 Å². The molecule has 1 unspecified atom stereocenters. The Morgan fingerprint density at radius 2 is 2.19 bits per heavy atom. The lowest BCUT2D eigenvalue weighted by atomic mass is 10.1. The molecule has 0 aromatic rings. The molecular weight excluding hydrogens is 200 g/mol. The van der Waals surface area contributed by atoms with Crippen molar-refractivity contribution in [2.75, 3.05) is 13.1 Å². The van der Waals surface area contributed by atoms with Gasteiger partial charge in [-0.15, -0.1) is 0 Å². The van der Waals surface area contributed by atoms with Gasteiger partial charge in [-0.1, -0.05) is 26.7 Å². The second-order valence-electron chi connectivity index (χ2n) is 4.45. The average molecular weight is 226 g/mol. The van der Waals surface area contributed by atoms with Gasteiger partial charge in [-0.05, 0) is 25.7 Å². The Bertz CT molecular complexity index is 215. The standard InChI is InChI=1S/C12H26N4/c1-3-9-14-12(15-13)16-10-7-5-6-8-11(16)4-2/h11H,3-10,13H2,1-2H3,(H,14,15). The van der Waals surface area contributed by atoms with Crippen molar-refractivity contribution in [2.45, 2.75) is 58.4 Å². The first kappa shape index (κ1) is 13.3. The number of rotatable bonds is 3. The van der Waals surface area contributed by atoms with Crippen LogP contribution in [0, 0.1) is 0 Å². The van der Waals surface area contributed by atoms with Gasteiger partial charge >= 0.3 is 0 Å². The summed E-state index contributed by atoms with van der Waals surface area (Å²) in [5.41, 5.74) is 2.77. The highest BCUT2D eigenvalue weighted by molar-refractivity contribution is 5.79. The molecule has 0 aromatic heterocycles. The van der Waals surface area contributed by atoms with E-state index in [4.69, 9.17) is 5.84 Å². The third-order valence-electron chi connectivity index (χ3n) is 3.23. The van der Waals surface area contributed by atoms with Gasteiger partial charge < -0.3 is 4.90 Å². The summed E-state index contributed by atoms with van der Waals surface area (Å²) in [5.74, 6) is 6.47. The molecule has 1 rings (SSSR count). The Labute approximate surface area is 99.3 Å². The summed E-state index contributed by atoms with van der Waals surface area (Å²) in [4.78, 5) is 6.89. The number of likely N-dealkylation sites (tertiary alicyclic amines) is 1. The maximum absolute atomic E-state index is 5.59. The molecule has 0 saturated carbocycles. The molecule has 0 bridgehead atoms. The summed E-state index contributed by atoms with van der Waals surface area (Å²) >= 11 is 0. The lowest BCUT2D eigenvalue weighted by molar-refractivity contribution is 0.296. The maximum atomic E-state index is 5.59. The summed E-state index contributed by atoms with van der Waals surface area (Å²) in [6, 6.07) is 0.606. The van der Waals surface area contributed by atoms with E-state index in [0.29, 0.717) is 6.04 Å². The van der Waals surface area contributed by atoms with Crippen LogP contribution in [0.5, 0.6) is 0 Å². The monoisotopic (exact) mass is 226 g/mol. The van der Waals surface area contributed by atoms with E-state index in [-0.39, 0.29) is 0 Å². The normalized spacial score (nSPS) is 23.1. The predicted octanol–water partition coefficient (Wildman–Crippen LogP) is 1.87. The molecule has 0 amide bonds. The van der Waals surface area contributed by atoms with Gasteiger partial charge in [-0.2, -0.15) is 0 Å². The summed E-state index contributed by atoms with van der Waals surface area (Å²) in [6.45, 7) is 6.33. The lowest BCUT2D eigenvalue weighted by Gasteiger charge is -2.31. The van der Waals surface area contributed by atoms with E-state index in [1.54, 1.807) is 0 Å². The van der Waals surface area contributed by atoms with Crippen LogP contribution in [0.4, 0.5) is 0 Å². The predicted molar refractivity (Wildman–Crippen MR) is 69.2 cm³/mol. The molecule has 0 spiro atoms. The number of aliphatic imine (C=N–C) groups is 1. The number of hydrogen-bond donors (Lipinski definition) is 2. The molecule has 1 fully saturated rings. The largest absolute Gasteiger partial charge is 0.339 e. The number of guanidine groups is 1. The molecule has 3 N–H and O–H groups in total. The molecule has 0 aromatic carbocycles. The fourth-order valence-electron chi connectivity index (χ4n) is 2.32. The number of hydrogen-bond acceptors (Lipinski definition) is 2. The highest BCUT2D eigenvalue weighted by atomic mass is 15.4. The maximum Gasteiger partial charge on any atom is 0.208 e. The smallest absolute Gasteiger partial charge is 0.208 e. The fourth-order valence-corrected chi connectivity index (χ4v) is 2.32. The molecule has 1 saturated heterocycles. The number of hydrazine groups is 1. The average Bonchev–Trinajstić information content (AvgIpc) is 2.55. The topological polar surface area (TPSA) is 53.6 Å². The van der Waals surface area contributed by atoms with Crippen molar-refractivity contribution in [2.24, 2.45) is 10.8 Å². The van der Waals surface area contributed by atoms with Crippen molar-refractivity contribution in [1.82, 2.24) is 10.3 Å². The van der Waals surface area contributed by atoms with Crippen molar-refractivity contribution < 1.29 is 0 Å². The van der Waals surface area contributed by atoms with E-state index in [1.807, 2.05) is 0 Å². The van der Waals surface area contributed by atoms with Gasteiger partial charge in [0.05, 0.1) is 0 Å². The van der Waals surface area contributed by atoms with Gasteiger partial charge in [0.2, 0.25) is 5.96 Å². The molecule has 4 heteroatoms. The zero-order valence-electron chi connectivity index (χ0n) is 10.7. The third-order valence-corrected chi connectivity index (χ3v) is 3.23. The molecule has 4 nitrogen and oxygen atoms in total. The summed E-state index contributed by atoms with van der Waals surface area (Å²) in [7, 11) is 0. The van der Waals surface area contributed by atoms with Crippen molar-refractivity contribution >= 4 is 5.96 Å². The lowest BCUT2D eigenvalue weighted by Crippen LogP contribution is -2.49. The van der Waals surface area contributed by atoms with Gasteiger partial charge in [0.1, 0.15) is 0 Å². The van der Waals surface area contributed by atoms with Gasteiger partial charge in [0, 0.05) is 19.1 Å². The Balaban J connectivity index is 2.69. The molecular formula is C12H26N4. The van der Waals surface area contributed by atoms with E-state index < -0.39 is 0 Å².